The van der Waals surface area contributed by atoms with Gasteiger partial charge in [-0.25, -0.2) is 4.98 Å². The van der Waals surface area contributed by atoms with E-state index in [1.54, 1.807) is 6.20 Å². The minimum Gasteiger partial charge on any atom is -0.389 e. The Hall–Kier alpha value is -1.35. The van der Waals surface area contributed by atoms with E-state index in [2.05, 4.69) is 50.0 Å². The molecule has 16 heavy (non-hydrogen) atoms. The molecular weight excluding hydrogens is 216 g/mol. The predicted molar refractivity (Wildman–Crippen MR) is 70.7 cm³/mol. The summed E-state index contributed by atoms with van der Waals surface area (Å²) in [6, 6.07) is 8.54. The standard InChI is InChI=1S/C13H16N2S/c1-13(2,3)10-6-4-9(5-7-10)12-15-8-11(14)16-12/h4-8H,14H2,1-3H3. The Morgan fingerprint density at radius 3 is 2.19 bits per heavy atom. The number of nitrogens with two attached hydrogens (primary N) is 1. The molecule has 0 fully saturated rings. The van der Waals surface area contributed by atoms with Crippen LogP contribution in [0.3, 0.4) is 0 Å². The minimum absolute atomic E-state index is 0.195. The molecule has 0 saturated heterocycles. The summed E-state index contributed by atoms with van der Waals surface area (Å²) in [6.07, 6.45) is 1.71. The number of thiazole rings is 1. The van der Waals surface area contributed by atoms with Crippen LogP contribution < -0.4 is 5.73 Å². The highest BCUT2D eigenvalue weighted by Gasteiger charge is 2.13. The predicted octanol–water partition coefficient (Wildman–Crippen LogP) is 3.69. The molecule has 0 aliphatic heterocycles. The molecule has 1 aromatic carbocycles. The molecular formula is C13H16N2S. The summed E-state index contributed by atoms with van der Waals surface area (Å²) in [6.45, 7) is 6.64. The fourth-order valence-corrected chi connectivity index (χ4v) is 2.22. The van der Waals surface area contributed by atoms with Gasteiger partial charge in [-0.3, -0.25) is 0 Å². The van der Waals surface area contributed by atoms with Crippen molar-refractivity contribution < 1.29 is 0 Å². The van der Waals surface area contributed by atoms with E-state index >= 15 is 0 Å². The van der Waals surface area contributed by atoms with Gasteiger partial charge in [0.15, 0.2) is 0 Å². The summed E-state index contributed by atoms with van der Waals surface area (Å²) in [4.78, 5) is 4.27. The molecule has 2 rings (SSSR count). The van der Waals surface area contributed by atoms with Gasteiger partial charge in [-0.05, 0) is 11.0 Å². The van der Waals surface area contributed by atoms with Gasteiger partial charge in [-0.1, -0.05) is 56.4 Å². The second-order valence-electron chi connectivity index (χ2n) is 4.90. The van der Waals surface area contributed by atoms with Gasteiger partial charge in [0.05, 0.1) is 6.20 Å². The highest BCUT2D eigenvalue weighted by Crippen LogP contribution is 2.29. The molecule has 2 N–H and O–H groups in total. The van der Waals surface area contributed by atoms with Crippen LogP contribution in [0.1, 0.15) is 26.3 Å². The SMILES string of the molecule is CC(C)(C)c1ccc(-c2ncc(N)s2)cc1. The van der Waals surface area contributed by atoms with Gasteiger partial charge in [-0.2, -0.15) is 0 Å². The Labute approximate surface area is 100 Å². The van der Waals surface area contributed by atoms with Crippen molar-refractivity contribution in [2.45, 2.75) is 26.2 Å². The number of nitrogens with zero attached hydrogens (tertiary/aromatic N) is 1. The summed E-state index contributed by atoms with van der Waals surface area (Å²) >= 11 is 1.52. The quantitative estimate of drug-likeness (QED) is 0.814. The lowest BCUT2D eigenvalue weighted by Gasteiger charge is -2.18. The third-order valence-electron chi connectivity index (χ3n) is 2.52. The first-order valence-electron chi connectivity index (χ1n) is 5.29. The Bertz CT molecular complexity index is 477. The van der Waals surface area contributed by atoms with E-state index in [1.165, 1.54) is 16.9 Å². The topological polar surface area (TPSA) is 38.9 Å². The summed E-state index contributed by atoms with van der Waals surface area (Å²) in [5, 5.41) is 1.74. The van der Waals surface area contributed by atoms with Crippen LogP contribution in [0.2, 0.25) is 0 Å². The summed E-state index contributed by atoms with van der Waals surface area (Å²) in [5.74, 6) is 0. The van der Waals surface area contributed by atoms with Gasteiger partial charge in [0.2, 0.25) is 0 Å². The molecule has 84 valence electrons. The van der Waals surface area contributed by atoms with E-state index in [0.717, 1.165) is 15.6 Å². The Morgan fingerprint density at radius 2 is 1.75 bits per heavy atom. The van der Waals surface area contributed by atoms with Crippen LogP contribution in [0.25, 0.3) is 10.6 Å². The van der Waals surface area contributed by atoms with E-state index in [9.17, 15) is 0 Å². The highest BCUT2D eigenvalue weighted by molar-refractivity contribution is 7.18. The average Bonchev–Trinajstić information content (AvgIpc) is 2.64. The first kappa shape index (κ1) is 11.1. The third kappa shape index (κ3) is 2.25. The maximum absolute atomic E-state index is 5.67. The highest BCUT2D eigenvalue weighted by atomic mass is 32.1. The number of nitrogen functional groups attached to an aromatic ring is 1. The second-order valence-corrected chi connectivity index (χ2v) is 5.96. The van der Waals surface area contributed by atoms with Crippen molar-refractivity contribution in [3.63, 3.8) is 0 Å². The van der Waals surface area contributed by atoms with E-state index in [4.69, 9.17) is 5.73 Å². The van der Waals surface area contributed by atoms with Gasteiger partial charge in [0.25, 0.3) is 0 Å². The Balaban J connectivity index is 2.33. The van der Waals surface area contributed by atoms with Crippen LogP contribution >= 0.6 is 11.3 Å². The van der Waals surface area contributed by atoms with Crippen LogP contribution in [-0.4, -0.2) is 4.98 Å². The lowest BCUT2D eigenvalue weighted by Crippen LogP contribution is -2.10. The molecule has 0 radical (unpaired) electrons. The summed E-state index contributed by atoms with van der Waals surface area (Å²) in [5.41, 5.74) is 8.33. The van der Waals surface area contributed by atoms with Crippen LogP contribution in [0.15, 0.2) is 30.5 Å². The molecule has 0 spiro atoms. The lowest BCUT2D eigenvalue weighted by atomic mass is 9.87. The Morgan fingerprint density at radius 1 is 1.12 bits per heavy atom. The minimum atomic E-state index is 0.195. The van der Waals surface area contributed by atoms with Crippen molar-refractivity contribution in [3.05, 3.63) is 36.0 Å². The van der Waals surface area contributed by atoms with Crippen LogP contribution in [-0.2, 0) is 5.41 Å². The van der Waals surface area contributed by atoms with Crippen LogP contribution in [0.4, 0.5) is 5.00 Å². The van der Waals surface area contributed by atoms with Crippen molar-refractivity contribution in [1.29, 1.82) is 0 Å². The number of anilines is 1. The lowest BCUT2D eigenvalue weighted by molar-refractivity contribution is 0.590. The smallest absolute Gasteiger partial charge is 0.125 e. The maximum Gasteiger partial charge on any atom is 0.125 e. The monoisotopic (exact) mass is 232 g/mol. The molecule has 1 aromatic heterocycles. The van der Waals surface area contributed by atoms with E-state index in [1.807, 2.05) is 0 Å². The largest absolute Gasteiger partial charge is 0.389 e. The fourth-order valence-electron chi connectivity index (χ4n) is 1.53. The molecule has 0 unspecified atom stereocenters. The van der Waals surface area contributed by atoms with E-state index < -0.39 is 0 Å². The zero-order chi connectivity index (χ0) is 11.8. The Kier molecular flexibility index (Phi) is 2.72. The third-order valence-corrected chi connectivity index (χ3v) is 3.40. The fraction of sp³-hybridized carbons (Fsp3) is 0.308. The molecule has 0 bridgehead atoms. The second kappa shape index (κ2) is 3.91. The first-order valence-corrected chi connectivity index (χ1v) is 6.11. The molecule has 0 aliphatic carbocycles. The van der Waals surface area contributed by atoms with Crippen molar-refractivity contribution >= 4 is 16.3 Å². The van der Waals surface area contributed by atoms with Gasteiger partial charge in [0.1, 0.15) is 10.0 Å². The van der Waals surface area contributed by atoms with E-state index in [-0.39, 0.29) is 5.41 Å². The molecule has 1 heterocycles. The van der Waals surface area contributed by atoms with Gasteiger partial charge in [0, 0.05) is 5.56 Å². The molecule has 2 nitrogen and oxygen atoms in total. The van der Waals surface area contributed by atoms with Crippen LogP contribution in [0, 0.1) is 0 Å². The molecule has 3 heteroatoms. The number of benzene rings is 1. The summed E-state index contributed by atoms with van der Waals surface area (Å²) in [7, 11) is 0. The van der Waals surface area contributed by atoms with E-state index in [0.29, 0.717) is 0 Å². The molecule has 0 amide bonds. The number of hydrogen-bond acceptors (Lipinski definition) is 3. The number of hydrogen-bond donors (Lipinski definition) is 1. The molecule has 0 atom stereocenters. The zero-order valence-electron chi connectivity index (χ0n) is 9.82. The van der Waals surface area contributed by atoms with Crippen LogP contribution in [0.5, 0.6) is 0 Å². The molecule has 0 aliphatic rings. The molecule has 2 aromatic rings. The zero-order valence-corrected chi connectivity index (χ0v) is 10.6. The number of rotatable bonds is 1. The van der Waals surface area contributed by atoms with Gasteiger partial charge < -0.3 is 5.73 Å². The normalized spacial score (nSPS) is 11.7. The van der Waals surface area contributed by atoms with Crippen molar-refractivity contribution in [1.82, 2.24) is 4.98 Å². The maximum atomic E-state index is 5.67. The summed E-state index contributed by atoms with van der Waals surface area (Å²) < 4.78 is 0. The van der Waals surface area contributed by atoms with Crippen molar-refractivity contribution in [3.8, 4) is 10.6 Å². The first-order chi connectivity index (χ1) is 7.47. The number of aromatic nitrogens is 1. The molecule has 0 saturated carbocycles. The van der Waals surface area contributed by atoms with Gasteiger partial charge >= 0.3 is 0 Å². The average molecular weight is 232 g/mol. The van der Waals surface area contributed by atoms with Crippen molar-refractivity contribution in [2.75, 3.05) is 5.73 Å². The van der Waals surface area contributed by atoms with Crippen molar-refractivity contribution in [2.24, 2.45) is 0 Å². The van der Waals surface area contributed by atoms with Gasteiger partial charge in [-0.15, -0.1) is 0 Å².